The van der Waals surface area contributed by atoms with Gasteiger partial charge in [-0.3, -0.25) is 4.68 Å². The standard InChI is InChI=1S/C12H13ClN4O4S/c1-15-9(12(18)19)6-10(11(15)13)22(20,21)16-4-5-17-8(7-16)2-3-14-17/h2-3,6H,4-5,7H2,1H3,(H,18,19). The van der Waals surface area contributed by atoms with Crippen LogP contribution in [0, 0.1) is 0 Å². The third-order valence-corrected chi connectivity index (χ3v) is 6.10. The fourth-order valence-corrected chi connectivity index (χ4v) is 4.39. The first kappa shape index (κ1) is 15.1. The summed E-state index contributed by atoms with van der Waals surface area (Å²) in [7, 11) is -2.46. The molecule has 118 valence electrons. The first-order valence-electron chi connectivity index (χ1n) is 6.41. The molecule has 3 heterocycles. The molecule has 0 radical (unpaired) electrons. The van der Waals surface area contributed by atoms with Crippen molar-refractivity contribution in [1.29, 1.82) is 0 Å². The lowest BCUT2D eigenvalue weighted by atomic mass is 10.3. The summed E-state index contributed by atoms with van der Waals surface area (Å²) in [6, 6.07) is 2.84. The van der Waals surface area contributed by atoms with E-state index in [2.05, 4.69) is 5.10 Å². The molecule has 1 N–H and O–H groups in total. The van der Waals surface area contributed by atoms with E-state index in [9.17, 15) is 13.2 Å². The van der Waals surface area contributed by atoms with Gasteiger partial charge in [0.2, 0.25) is 10.0 Å². The Morgan fingerprint density at radius 2 is 2.14 bits per heavy atom. The highest BCUT2D eigenvalue weighted by molar-refractivity contribution is 7.89. The lowest BCUT2D eigenvalue weighted by Gasteiger charge is -2.26. The van der Waals surface area contributed by atoms with Crippen molar-refractivity contribution in [3.63, 3.8) is 0 Å². The van der Waals surface area contributed by atoms with Crippen LogP contribution in [0.25, 0.3) is 0 Å². The maximum absolute atomic E-state index is 12.7. The zero-order valence-corrected chi connectivity index (χ0v) is 13.2. The summed E-state index contributed by atoms with van der Waals surface area (Å²) in [5.74, 6) is -1.23. The van der Waals surface area contributed by atoms with Crippen LogP contribution in [-0.4, -0.2) is 44.7 Å². The summed E-state index contributed by atoms with van der Waals surface area (Å²) in [5.41, 5.74) is 0.603. The summed E-state index contributed by atoms with van der Waals surface area (Å²) >= 11 is 6.02. The van der Waals surface area contributed by atoms with Gasteiger partial charge in [-0.2, -0.15) is 9.40 Å². The Morgan fingerprint density at radius 3 is 2.77 bits per heavy atom. The van der Waals surface area contributed by atoms with Crippen LogP contribution in [0.4, 0.5) is 0 Å². The van der Waals surface area contributed by atoms with E-state index in [0.29, 0.717) is 6.54 Å². The molecule has 0 saturated carbocycles. The van der Waals surface area contributed by atoms with Gasteiger partial charge >= 0.3 is 5.97 Å². The van der Waals surface area contributed by atoms with Crippen LogP contribution in [0.1, 0.15) is 16.2 Å². The van der Waals surface area contributed by atoms with E-state index in [0.717, 1.165) is 16.3 Å². The average Bonchev–Trinajstić information content (AvgIpc) is 3.04. The quantitative estimate of drug-likeness (QED) is 0.887. The number of hydrogen-bond acceptors (Lipinski definition) is 4. The fourth-order valence-electron chi connectivity index (χ4n) is 2.44. The number of nitrogens with zero attached hydrogens (tertiary/aromatic N) is 4. The molecule has 0 aliphatic carbocycles. The Hall–Kier alpha value is -1.84. The Labute approximate surface area is 131 Å². The SMILES string of the molecule is Cn1c(C(=O)O)cc(S(=O)(=O)N2CCn3nccc3C2)c1Cl. The van der Waals surface area contributed by atoms with Gasteiger partial charge in [0, 0.05) is 19.8 Å². The van der Waals surface area contributed by atoms with Gasteiger partial charge < -0.3 is 9.67 Å². The van der Waals surface area contributed by atoms with Crippen LogP contribution < -0.4 is 0 Å². The number of fused-ring (bicyclic) bond motifs is 1. The highest BCUT2D eigenvalue weighted by atomic mass is 35.5. The van der Waals surface area contributed by atoms with Crippen LogP contribution in [0.5, 0.6) is 0 Å². The van der Waals surface area contributed by atoms with E-state index in [1.807, 2.05) is 0 Å². The molecule has 0 saturated heterocycles. The molecule has 10 heteroatoms. The first-order chi connectivity index (χ1) is 10.3. The molecule has 0 fully saturated rings. The van der Waals surface area contributed by atoms with Gasteiger partial charge in [-0.1, -0.05) is 11.6 Å². The van der Waals surface area contributed by atoms with Crippen molar-refractivity contribution in [2.45, 2.75) is 18.0 Å². The Kier molecular flexibility index (Phi) is 3.50. The maximum atomic E-state index is 12.7. The van der Waals surface area contributed by atoms with Crippen molar-refractivity contribution in [3.05, 3.63) is 34.9 Å². The van der Waals surface area contributed by atoms with Gasteiger partial charge in [0.15, 0.2) is 0 Å². The second-order valence-corrected chi connectivity index (χ2v) is 7.20. The summed E-state index contributed by atoms with van der Waals surface area (Å²) in [6.45, 7) is 0.873. The zero-order chi connectivity index (χ0) is 16.1. The van der Waals surface area contributed by atoms with Crippen LogP contribution in [0.2, 0.25) is 5.15 Å². The molecule has 1 aliphatic heterocycles. The largest absolute Gasteiger partial charge is 0.477 e. The number of rotatable bonds is 3. The van der Waals surface area contributed by atoms with Crippen LogP contribution >= 0.6 is 11.6 Å². The Bertz CT molecular complexity index is 855. The Balaban J connectivity index is 2.01. The predicted molar refractivity (Wildman–Crippen MR) is 77.2 cm³/mol. The van der Waals surface area contributed by atoms with Crippen LogP contribution in [0.3, 0.4) is 0 Å². The number of sulfonamides is 1. The molecule has 3 rings (SSSR count). The highest BCUT2D eigenvalue weighted by Gasteiger charge is 2.33. The number of halogens is 1. The van der Waals surface area contributed by atoms with E-state index < -0.39 is 16.0 Å². The van der Waals surface area contributed by atoms with E-state index in [1.165, 1.54) is 11.4 Å². The fraction of sp³-hybridized carbons (Fsp3) is 0.333. The Morgan fingerprint density at radius 1 is 1.41 bits per heavy atom. The molecule has 0 amide bonds. The van der Waals surface area contributed by atoms with Gasteiger partial charge in [0.1, 0.15) is 15.7 Å². The summed E-state index contributed by atoms with van der Waals surface area (Å²) in [6.07, 6.45) is 1.61. The maximum Gasteiger partial charge on any atom is 0.352 e. The molecule has 0 atom stereocenters. The molecule has 0 aromatic carbocycles. The minimum atomic E-state index is -3.87. The van der Waals surface area contributed by atoms with Crippen LogP contribution in [-0.2, 0) is 30.2 Å². The number of aromatic nitrogens is 3. The number of carboxylic acid groups (broad SMARTS) is 1. The van der Waals surface area contributed by atoms with Crippen molar-refractivity contribution in [2.75, 3.05) is 6.54 Å². The number of carbonyl (C=O) groups is 1. The molecular weight excluding hydrogens is 332 g/mol. The van der Waals surface area contributed by atoms with E-state index in [1.54, 1.807) is 16.9 Å². The molecular formula is C12H13ClN4O4S. The van der Waals surface area contributed by atoms with E-state index >= 15 is 0 Å². The highest BCUT2D eigenvalue weighted by Crippen LogP contribution is 2.29. The predicted octanol–water partition coefficient (Wildman–Crippen LogP) is 0.778. The van der Waals surface area contributed by atoms with E-state index in [-0.39, 0.29) is 28.8 Å². The third-order valence-electron chi connectivity index (χ3n) is 3.67. The third kappa shape index (κ3) is 2.21. The molecule has 1 aliphatic rings. The summed E-state index contributed by atoms with van der Waals surface area (Å²) in [5, 5.41) is 13.1. The lowest BCUT2D eigenvalue weighted by molar-refractivity contribution is 0.0686. The van der Waals surface area contributed by atoms with Gasteiger partial charge in [0.25, 0.3) is 0 Å². The van der Waals surface area contributed by atoms with Gasteiger partial charge in [-0.05, 0) is 12.1 Å². The number of carboxylic acids is 1. The average molecular weight is 345 g/mol. The molecule has 0 spiro atoms. The van der Waals surface area contributed by atoms with Crippen molar-refractivity contribution >= 4 is 27.6 Å². The molecule has 2 aromatic heterocycles. The van der Waals surface area contributed by atoms with Crippen molar-refractivity contribution < 1.29 is 18.3 Å². The number of aromatic carboxylic acids is 1. The summed E-state index contributed by atoms with van der Waals surface area (Å²) in [4.78, 5) is 10.9. The normalized spacial score (nSPS) is 15.7. The lowest BCUT2D eigenvalue weighted by Crippen LogP contribution is -2.38. The van der Waals surface area contributed by atoms with Gasteiger partial charge in [-0.25, -0.2) is 13.2 Å². The van der Waals surface area contributed by atoms with E-state index in [4.69, 9.17) is 16.7 Å². The molecule has 0 bridgehead atoms. The second kappa shape index (κ2) is 5.11. The topological polar surface area (TPSA) is 97.4 Å². The summed E-state index contributed by atoms with van der Waals surface area (Å²) < 4.78 is 29.6. The van der Waals surface area contributed by atoms with Crippen molar-refractivity contribution in [1.82, 2.24) is 18.7 Å². The minimum absolute atomic E-state index is 0.114. The minimum Gasteiger partial charge on any atom is -0.477 e. The van der Waals surface area contributed by atoms with Gasteiger partial charge in [0.05, 0.1) is 18.8 Å². The number of hydrogen-bond donors (Lipinski definition) is 1. The van der Waals surface area contributed by atoms with Gasteiger partial charge in [-0.15, -0.1) is 0 Å². The first-order valence-corrected chi connectivity index (χ1v) is 8.23. The monoisotopic (exact) mass is 344 g/mol. The van der Waals surface area contributed by atoms with Crippen molar-refractivity contribution in [3.8, 4) is 0 Å². The molecule has 22 heavy (non-hydrogen) atoms. The second-order valence-electron chi connectivity index (χ2n) is 4.93. The van der Waals surface area contributed by atoms with Crippen molar-refractivity contribution in [2.24, 2.45) is 7.05 Å². The molecule has 8 nitrogen and oxygen atoms in total. The zero-order valence-electron chi connectivity index (χ0n) is 11.6. The molecule has 2 aromatic rings. The molecule has 0 unspecified atom stereocenters. The smallest absolute Gasteiger partial charge is 0.352 e. The van der Waals surface area contributed by atoms with Crippen LogP contribution in [0.15, 0.2) is 23.2 Å².